The van der Waals surface area contributed by atoms with E-state index in [1.54, 1.807) is 14.0 Å². The van der Waals surface area contributed by atoms with Gasteiger partial charge in [-0.25, -0.2) is 0 Å². The first-order valence-electron chi connectivity index (χ1n) is 8.24. The number of ether oxygens (including phenoxy) is 1. The maximum absolute atomic E-state index is 12.3. The van der Waals surface area contributed by atoms with Gasteiger partial charge in [-0.3, -0.25) is 4.79 Å². The van der Waals surface area contributed by atoms with Crippen LogP contribution >= 0.6 is 11.6 Å². The minimum absolute atomic E-state index is 0.570. The van der Waals surface area contributed by atoms with Crippen LogP contribution in [0.25, 0.3) is 10.8 Å². The number of benzene rings is 3. The average Bonchev–Trinajstić information content (AvgIpc) is 2.68. The molecule has 26 heavy (non-hydrogen) atoms. The topological polar surface area (TPSA) is 50.1 Å². The minimum Gasteiger partial charge on any atom is -0.496 e. The van der Waals surface area contributed by atoms with Gasteiger partial charge in [-0.05, 0) is 40.9 Å². The molecule has 0 N–H and O–H groups in total. The molecule has 0 aliphatic heterocycles. The third kappa shape index (κ3) is 2.94. The van der Waals surface area contributed by atoms with Gasteiger partial charge in [-0.1, -0.05) is 60.7 Å². The van der Waals surface area contributed by atoms with Crippen molar-refractivity contribution in [3.05, 3.63) is 77.9 Å². The molecule has 0 heterocycles. The van der Waals surface area contributed by atoms with Crippen LogP contribution < -0.4 is 4.74 Å². The normalized spacial score (nSPS) is 14.2. The Bertz CT molecular complexity index is 1000. The van der Waals surface area contributed by atoms with Crippen molar-refractivity contribution in [2.24, 2.45) is 5.41 Å². The van der Waals surface area contributed by atoms with Gasteiger partial charge in [0, 0.05) is 11.5 Å². The van der Waals surface area contributed by atoms with E-state index in [1.165, 1.54) is 0 Å². The maximum Gasteiger partial charge on any atom is 0.242 e. The highest BCUT2D eigenvalue weighted by molar-refractivity contribution is 6.65. The van der Waals surface area contributed by atoms with Crippen LogP contribution in [0.3, 0.4) is 0 Å². The molecule has 2 atom stereocenters. The Morgan fingerprint density at radius 1 is 1.04 bits per heavy atom. The van der Waals surface area contributed by atoms with Crippen LogP contribution in [0.15, 0.2) is 66.7 Å². The van der Waals surface area contributed by atoms with Gasteiger partial charge in [-0.15, -0.1) is 0 Å². The molecular formula is C22H18ClNO2. The standard InChI is InChI=1S/C22H18ClNO2/c1-22(14-24,21(23)25)20(18-11-5-6-13-19(18)26-2)17-12-7-9-15-8-3-4-10-16(15)17/h3-13,20H,1-2H3. The second-order valence-electron chi connectivity index (χ2n) is 6.33. The Hall–Kier alpha value is -2.83. The van der Waals surface area contributed by atoms with Gasteiger partial charge in [-0.2, -0.15) is 5.26 Å². The van der Waals surface area contributed by atoms with Crippen molar-refractivity contribution in [1.29, 1.82) is 5.26 Å². The molecule has 4 heteroatoms. The first kappa shape index (κ1) is 18.0. The van der Waals surface area contributed by atoms with E-state index in [0.29, 0.717) is 5.75 Å². The van der Waals surface area contributed by atoms with Crippen molar-refractivity contribution < 1.29 is 9.53 Å². The second-order valence-corrected chi connectivity index (χ2v) is 6.67. The fourth-order valence-electron chi connectivity index (χ4n) is 3.42. The van der Waals surface area contributed by atoms with Crippen LogP contribution in [0.2, 0.25) is 0 Å². The molecule has 130 valence electrons. The van der Waals surface area contributed by atoms with Crippen LogP contribution in [-0.4, -0.2) is 12.4 Å². The summed E-state index contributed by atoms with van der Waals surface area (Å²) in [6.07, 6.45) is 0. The average molecular weight is 364 g/mol. The lowest BCUT2D eigenvalue weighted by atomic mass is 9.70. The van der Waals surface area contributed by atoms with E-state index in [4.69, 9.17) is 16.3 Å². The third-order valence-electron chi connectivity index (χ3n) is 4.80. The van der Waals surface area contributed by atoms with Crippen molar-refractivity contribution in [3.8, 4) is 11.8 Å². The first-order chi connectivity index (χ1) is 12.5. The van der Waals surface area contributed by atoms with Crippen LogP contribution in [0.5, 0.6) is 5.75 Å². The van der Waals surface area contributed by atoms with Gasteiger partial charge in [0.2, 0.25) is 5.24 Å². The molecule has 3 aromatic rings. The van der Waals surface area contributed by atoms with E-state index in [9.17, 15) is 10.1 Å². The molecule has 0 spiro atoms. The fourth-order valence-corrected chi connectivity index (χ4v) is 3.57. The van der Waals surface area contributed by atoms with Crippen molar-refractivity contribution >= 4 is 27.6 Å². The Morgan fingerprint density at radius 3 is 2.35 bits per heavy atom. The number of carbonyl (C=O) groups is 1. The number of para-hydroxylation sites is 1. The number of carbonyl (C=O) groups excluding carboxylic acids is 1. The van der Waals surface area contributed by atoms with Gasteiger partial charge < -0.3 is 4.74 Å². The lowest BCUT2D eigenvalue weighted by Gasteiger charge is -2.31. The van der Waals surface area contributed by atoms with Gasteiger partial charge in [0.25, 0.3) is 0 Å². The summed E-state index contributed by atoms with van der Waals surface area (Å²) in [6.45, 7) is 1.58. The van der Waals surface area contributed by atoms with E-state index in [2.05, 4.69) is 6.07 Å². The molecule has 3 nitrogen and oxygen atoms in total. The lowest BCUT2D eigenvalue weighted by Crippen LogP contribution is -2.31. The number of nitriles is 1. The van der Waals surface area contributed by atoms with Crippen LogP contribution in [0, 0.1) is 16.7 Å². The van der Waals surface area contributed by atoms with Gasteiger partial charge in [0.1, 0.15) is 11.2 Å². The molecular weight excluding hydrogens is 346 g/mol. The van der Waals surface area contributed by atoms with E-state index < -0.39 is 16.6 Å². The molecule has 0 amide bonds. The largest absolute Gasteiger partial charge is 0.496 e. The van der Waals surface area contributed by atoms with Crippen molar-refractivity contribution in [2.45, 2.75) is 12.8 Å². The van der Waals surface area contributed by atoms with Gasteiger partial charge in [0.05, 0.1) is 13.2 Å². The summed E-state index contributed by atoms with van der Waals surface area (Å²) in [5.41, 5.74) is 0.176. The SMILES string of the molecule is COc1ccccc1C(c1cccc2ccccc12)C(C)(C#N)C(=O)Cl. The van der Waals surface area contributed by atoms with Gasteiger partial charge in [0.15, 0.2) is 0 Å². The number of halogens is 1. The molecule has 3 rings (SSSR count). The lowest BCUT2D eigenvalue weighted by molar-refractivity contribution is -0.117. The smallest absolute Gasteiger partial charge is 0.242 e. The van der Waals surface area contributed by atoms with E-state index in [1.807, 2.05) is 66.7 Å². The zero-order valence-electron chi connectivity index (χ0n) is 14.6. The maximum atomic E-state index is 12.3. The molecule has 0 bridgehead atoms. The Kier molecular flexibility index (Phi) is 4.97. The van der Waals surface area contributed by atoms with Crippen molar-refractivity contribution in [3.63, 3.8) is 0 Å². The highest BCUT2D eigenvalue weighted by Crippen LogP contribution is 2.47. The molecule has 0 aliphatic carbocycles. The van der Waals surface area contributed by atoms with Crippen LogP contribution in [0.4, 0.5) is 0 Å². The quantitative estimate of drug-likeness (QED) is 0.580. The third-order valence-corrected chi connectivity index (χ3v) is 5.19. The minimum atomic E-state index is -1.44. The Labute approximate surface area is 157 Å². The van der Waals surface area contributed by atoms with Crippen molar-refractivity contribution in [1.82, 2.24) is 0 Å². The predicted molar refractivity (Wildman–Crippen MR) is 103 cm³/mol. The van der Waals surface area contributed by atoms with Crippen LogP contribution in [-0.2, 0) is 4.79 Å². The van der Waals surface area contributed by atoms with E-state index in [0.717, 1.165) is 21.9 Å². The van der Waals surface area contributed by atoms with Gasteiger partial charge >= 0.3 is 0 Å². The summed E-state index contributed by atoms with van der Waals surface area (Å²) < 4.78 is 5.52. The number of hydrogen-bond acceptors (Lipinski definition) is 3. The molecule has 0 aromatic heterocycles. The van der Waals surface area contributed by atoms with Crippen LogP contribution in [0.1, 0.15) is 24.0 Å². The number of methoxy groups -OCH3 is 1. The zero-order chi connectivity index (χ0) is 18.7. The number of hydrogen-bond donors (Lipinski definition) is 0. The predicted octanol–water partition coefficient (Wildman–Crippen LogP) is 5.28. The van der Waals surface area contributed by atoms with Crippen molar-refractivity contribution in [2.75, 3.05) is 7.11 Å². The van der Waals surface area contributed by atoms with E-state index in [-0.39, 0.29) is 0 Å². The summed E-state index contributed by atoms with van der Waals surface area (Å²) in [6, 6.07) is 23.3. The molecule has 0 saturated heterocycles. The first-order valence-corrected chi connectivity index (χ1v) is 8.62. The monoisotopic (exact) mass is 363 g/mol. The summed E-state index contributed by atoms with van der Waals surface area (Å²) in [5.74, 6) is 0.0459. The zero-order valence-corrected chi connectivity index (χ0v) is 15.3. The fraction of sp³-hybridized carbons (Fsp3) is 0.182. The highest BCUT2D eigenvalue weighted by atomic mass is 35.5. The summed E-state index contributed by atoms with van der Waals surface area (Å²) in [7, 11) is 1.57. The Balaban J connectivity index is 2.38. The molecule has 0 fully saturated rings. The Morgan fingerprint density at radius 2 is 1.65 bits per heavy atom. The molecule has 2 unspecified atom stereocenters. The number of nitrogens with zero attached hydrogens (tertiary/aromatic N) is 1. The highest BCUT2D eigenvalue weighted by Gasteiger charge is 2.44. The summed E-state index contributed by atoms with van der Waals surface area (Å²) >= 11 is 5.92. The molecule has 0 aliphatic rings. The number of fused-ring (bicyclic) bond motifs is 1. The number of rotatable bonds is 5. The molecule has 0 saturated carbocycles. The summed E-state index contributed by atoms with van der Waals surface area (Å²) in [4.78, 5) is 12.3. The molecule has 0 radical (unpaired) electrons. The molecule has 3 aromatic carbocycles. The second kappa shape index (κ2) is 7.19. The summed E-state index contributed by atoms with van der Waals surface area (Å²) in [5, 5.41) is 11.2. The van der Waals surface area contributed by atoms with E-state index >= 15 is 0 Å².